The second kappa shape index (κ2) is 6.44. The Kier molecular flexibility index (Phi) is 4.17. The van der Waals surface area contributed by atoms with E-state index in [-0.39, 0.29) is 5.92 Å². The summed E-state index contributed by atoms with van der Waals surface area (Å²) < 4.78 is 5.84. The lowest BCUT2D eigenvalue weighted by Crippen LogP contribution is -2.39. The number of rotatable bonds is 5. The third kappa shape index (κ3) is 3.32. The van der Waals surface area contributed by atoms with E-state index < -0.39 is 0 Å². The molecular formula is C19H24N2O2. The average molecular weight is 312 g/mol. The summed E-state index contributed by atoms with van der Waals surface area (Å²) in [6.45, 7) is 3.06. The largest absolute Gasteiger partial charge is 0.376 e. The lowest BCUT2D eigenvalue weighted by molar-refractivity contribution is -0.136. The molecule has 1 aromatic heterocycles. The lowest BCUT2D eigenvalue weighted by Gasteiger charge is -2.31. The van der Waals surface area contributed by atoms with Gasteiger partial charge in [0, 0.05) is 38.0 Å². The van der Waals surface area contributed by atoms with Gasteiger partial charge in [0.1, 0.15) is 0 Å². The fourth-order valence-electron chi connectivity index (χ4n) is 3.58. The van der Waals surface area contributed by atoms with Gasteiger partial charge in [-0.3, -0.25) is 9.78 Å². The van der Waals surface area contributed by atoms with E-state index in [1.807, 2.05) is 17.3 Å². The van der Waals surface area contributed by atoms with Crippen LogP contribution in [0.15, 0.2) is 24.5 Å². The summed E-state index contributed by atoms with van der Waals surface area (Å²) in [5, 5.41) is 0. The molecule has 1 saturated carbocycles. The fourth-order valence-corrected chi connectivity index (χ4v) is 3.58. The van der Waals surface area contributed by atoms with Crippen LogP contribution in [-0.2, 0) is 29.1 Å². The number of hydrogen-bond donors (Lipinski definition) is 0. The number of carbonyl (C=O) groups excluding carboxylic acids is 1. The van der Waals surface area contributed by atoms with E-state index in [9.17, 15) is 4.79 Å². The van der Waals surface area contributed by atoms with Gasteiger partial charge in [-0.25, -0.2) is 0 Å². The highest BCUT2D eigenvalue weighted by atomic mass is 16.5. The highest BCUT2D eigenvalue weighted by molar-refractivity contribution is 5.80. The van der Waals surface area contributed by atoms with E-state index in [2.05, 4.69) is 17.1 Å². The first-order valence-electron chi connectivity index (χ1n) is 8.77. The summed E-state index contributed by atoms with van der Waals surface area (Å²) in [6.07, 6.45) is 13.5. The molecule has 0 aromatic carbocycles. The van der Waals surface area contributed by atoms with Crippen LogP contribution in [0, 0.1) is 11.8 Å². The van der Waals surface area contributed by atoms with Crippen molar-refractivity contribution in [1.82, 2.24) is 9.88 Å². The zero-order valence-electron chi connectivity index (χ0n) is 13.5. The minimum absolute atomic E-state index is 0.162. The van der Waals surface area contributed by atoms with Gasteiger partial charge >= 0.3 is 0 Å². The first kappa shape index (κ1) is 14.9. The van der Waals surface area contributed by atoms with Crippen LogP contribution in [0.2, 0.25) is 0 Å². The number of amides is 1. The van der Waals surface area contributed by atoms with Gasteiger partial charge < -0.3 is 9.64 Å². The zero-order chi connectivity index (χ0) is 15.6. The Morgan fingerprint density at radius 2 is 2.09 bits per heavy atom. The van der Waals surface area contributed by atoms with Crippen molar-refractivity contribution in [2.75, 3.05) is 13.2 Å². The number of fused-ring (bicyclic) bond motifs is 1. The van der Waals surface area contributed by atoms with Crippen LogP contribution < -0.4 is 0 Å². The van der Waals surface area contributed by atoms with Crippen LogP contribution in [0.25, 0.3) is 0 Å². The fraction of sp³-hybridized carbons (Fsp3) is 0.579. The Labute approximate surface area is 137 Å². The molecule has 0 bridgehead atoms. The Bertz CT molecular complexity index is 614. The molecule has 0 radical (unpaired) electrons. The molecule has 0 N–H and O–H groups in total. The molecule has 0 unspecified atom stereocenters. The number of pyridine rings is 1. The topological polar surface area (TPSA) is 42.4 Å². The number of nitrogens with zero attached hydrogens (tertiary/aromatic N) is 2. The Morgan fingerprint density at radius 1 is 1.26 bits per heavy atom. The molecule has 23 heavy (non-hydrogen) atoms. The van der Waals surface area contributed by atoms with E-state index in [1.54, 1.807) is 0 Å². The van der Waals surface area contributed by atoms with Crippen molar-refractivity contribution in [3.8, 4) is 0 Å². The molecule has 1 aliphatic heterocycles. The maximum atomic E-state index is 12.6. The second-order valence-electron chi connectivity index (χ2n) is 7.04. The Balaban J connectivity index is 1.41. The van der Waals surface area contributed by atoms with E-state index in [1.165, 1.54) is 29.5 Å². The van der Waals surface area contributed by atoms with Gasteiger partial charge in [-0.05, 0) is 54.7 Å². The third-order valence-corrected chi connectivity index (χ3v) is 5.21. The molecule has 4 heteroatoms. The second-order valence-corrected chi connectivity index (χ2v) is 7.04. The van der Waals surface area contributed by atoms with Crippen molar-refractivity contribution in [3.05, 3.63) is 41.2 Å². The third-order valence-electron chi connectivity index (χ3n) is 5.21. The van der Waals surface area contributed by atoms with Gasteiger partial charge in [0.05, 0.1) is 6.61 Å². The number of allylic oxidation sites excluding steroid dienone is 2. The lowest BCUT2D eigenvalue weighted by atomic mass is 9.96. The maximum Gasteiger partial charge on any atom is 0.226 e. The van der Waals surface area contributed by atoms with Crippen molar-refractivity contribution in [2.24, 2.45) is 11.8 Å². The molecule has 0 atom stereocenters. The maximum absolute atomic E-state index is 12.6. The van der Waals surface area contributed by atoms with Crippen LogP contribution in [-0.4, -0.2) is 28.9 Å². The van der Waals surface area contributed by atoms with Crippen molar-refractivity contribution in [1.29, 1.82) is 0 Å². The van der Waals surface area contributed by atoms with Crippen molar-refractivity contribution < 1.29 is 9.53 Å². The molecule has 1 aromatic rings. The molecule has 122 valence electrons. The molecule has 3 aliphatic rings. The SMILES string of the molecule is O=C(C1CC=CC1)N1CCc2c(COCC3CC3)cncc2C1. The van der Waals surface area contributed by atoms with E-state index >= 15 is 0 Å². The molecule has 0 saturated heterocycles. The molecule has 2 aliphatic carbocycles. The van der Waals surface area contributed by atoms with Crippen LogP contribution in [0.5, 0.6) is 0 Å². The number of hydrogen-bond acceptors (Lipinski definition) is 3. The summed E-state index contributed by atoms with van der Waals surface area (Å²) in [4.78, 5) is 19.0. The molecular weight excluding hydrogens is 288 g/mol. The number of aromatic nitrogens is 1. The summed E-state index contributed by atoms with van der Waals surface area (Å²) in [7, 11) is 0. The summed E-state index contributed by atoms with van der Waals surface area (Å²) in [5.74, 6) is 1.25. The minimum Gasteiger partial charge on any atom is -0.376 e. The predicted molar refractivity (Wildman–Crippen MR) is 87.6 cm³/mol. The van der Waals surface area contributed by atoms with Gasteiger partial charge in [0.2, 0.25) is 5.91 Å². The first-order chi connectivity index (χ1) is 11.3. The summed E-state index contributed by atoms with van der Waals surface area (Å²) >= 11 is 0. The normalized spacial score (nSPS) is 20.8. The molecule has 4 nitrogen and oxygen atoms in total. The van der Waals surface area contributed by atoms with Crippen LogP contribution in [0.3, 0.4) is 0 Å². The van der Waals surface area contributed by atoms with Gasteiger partial charge in [0.15, 0.2) is 0 Å². The molecule has 0 spiro atoms. The van der Waals surface area contributed by atoms with Crippen LogP contribution in [0.1, 0.15) is 42.4 Å². The van der Waals surface area contributed by atoms with Crippen LogP contribution in [0.4, 0.5) is 0 Å². The summed E-state index contributed by atoms with van der Waals surface area (Å²) in [6, 6.07) is 0. The minimum atomic E-state index is 0.162. The monoisotopic (exact) mass is 312 g/mol. The zero-order valence-corrected chi connectivity index (χ0v) is 13.5. The Morgan fingerprint density at radius 3 is 2.87 bits per heavy atom. The highest BCUT2D eigenvalue weighted by Gasteiger charge is 2.28. The Hall–Kier alpha value is -1.68. The van der Waals surface area contributed by atoms with Crippen molar-refractivity contribution >= 4 is 5.91 Å². The van der Waals surface area contributed by atoms with E-state index in [0.29, 0.717) is 19.1 Å². The smallest absolute Gasteiger partial charge is 0.226 e. The van der Waals surface area contributed by atoms with Gasteiger partial charge in [-0.1, -0.05) is 12.2 Å². The van der Waals surface area contributed by atoms with E-state index in [4.69, 9.17) is 4.74 Å². The first-order valence-corrected chi connectivity index (χ1v) is 8.77. The number of carbonyl (C=O) groups is 1. The number of ether oxygens (including phenoxy) is 1. The molecule has 1 fully saturated rings. The standard InChI is InChI=1S/C19H24N2O2/c22-19(15-3-1-2-4-15)21-8-7-18-16(11-21)9-20-10-17(18)13-23-12-14-5-6-14/h1-2,9-10,14-15H,3-8,11-13H2. The highest BCUT2D eigenvalue weighted by Crippen LogP contribution is 2.30. The van der Waals surface area contributed by atoms with Crippen molar-refractivity contribution in [2.45, 2.75) is 45.3 Å². The average Bonchev–Trinajstić information content (AvgIpc) is 3.24. The van der Waals surface area contributed by atoms with Gasteiger partial charge in [-0.15, -0.1) is 0 Å². The van der Waals surface area contributed by atoms with Gasteiger partial charge in [-0.2, -0.15) is 0 Å². The van der Waals surface area contributed by atoms with E-state index in [0.717, 1.165) is 38.3 Å². The molecule has 4 rings (SSSR count). The quantitative estimate of drug-likeness (QED) is 0.785. The molecule has 2 heterocycles. The van der Waals surface area contributed by atoms with Crippen molar-refractivity contribution in [3.63, 3.8) is 0 Å². The predicted octanol–water partition coefficient (Wildman–Crippen LogP) is 2.86. The summed E-state index contributed by atoms with van der Waals surface area (Å²) in [5.41, 5.74) is 3.75. The molecule has 1 amide bonds. The van der Waals surface area contributed by atoms with Crippen LogP contribution >= 0.6 is 0 Å². The van der Waals surface area contributed by atoms with Gasteiger partial charge in [0.25, 0.3) is 0 Å².